The fraction of sp³-hybridized carbons (Fsp3) is 0.500. The van der Waals surface area contributed by atoms with Gasteiger partial charge in [0.2, 0.25) is 0 Å². The molecule has 3 nitrogen and oxygen atoms in total. The maximum atomic E-state index is 5.28. The summed E-state index contributed by atoms with van der Waals surface area (Å²) in [6, 6.07) is 3.89. The second-order valence-electron chi connectivity index (χ2n) is 2.93. The minimum absolute atomic E-state index is 0.732. The van der Waals surface area contributed by atoms with Crippen LogP contribution in [0.1, 0.15) is 6.92 Å². The summed E-state index contributed by atoms with van der Waals surface area (Å²) >= 11 is 3.46. The van der Waals surface area contributed by atoms with Gasteiger partial charge in [-0.15, -0.1) is 0 Å². The first-order chi connectivity index (χ1) is 6.75. The predicted octanol–water partition coefficient (Wildman–Crippen LogP) is 2.32. The Hall–Kier alpha value is -0.610. The highest BCUT2D eigenvalue weighted by molar-refractivity contribution is 9.10. The number of halogens is 1. The standard InChI is InChI=1S/C10H15BrN2O/c1-3-14-8-7-13(2)10-9(11)5-4-6-12-10/h4-6H,3,7-8H2,1-2H3. The Balaban J connectivity index is 2.51. The molecule has 1 aromatic heterocycles. The summed E-state index contributed by atoms with van der Waals surface area (Å²) in [4.78, 5) is 6.35. The van der Waals surface area contributed by atoms with E-state index < -0.39 is 0 Å². The molecule has 0 aromatic carbocycles. The van der Waals surface area contributed by atoms with Crippen LogP contribution in [0.3, 0.4) is 0 Å². The highest BCUT2D eigenvalue weighted by atomic mass is 79.9. The molecule has 1 aromatic rings. The molecule has 0 radical (unpaired) electrons. The van der Waals surface area contributed by atoms with Crippen LogP contribution in [0.25, 0.3) is 0 Å². The van der Waals surface area contributed by atoms with Crippen molar-refractivity contribution < 1.29 is 4.74 Å². The molecule has 0 atom stereocenters. The van der Waals surface area contributed by atoms with Gasteiger partial charge in [-0.25, -0.2) is 4.98 Å². The first-order valence-electron chi connectivity index (χ1n) is 4.65. The number of pyridine rings is 1. The van der Waals surface area contributed by atoms with Gasteiger partial charge in [-0.3, -0.25) is 0 Å². The maximum Gasteiger partial charge on any atom is 0.142 e. The van der Waals surface area contributed by atoms with Gasteiger partial charge >= 0.3 is 0 Å². The first kappa shape index (κ1) is 11.5. The minimum Gasteiger partial charge on any atom is -0.380 e. The molecular weight excluding hydrogens is 244 g/mol. The van der Waals surface area contributed by atoms with Crippen LogP contribution in [-0.4, -0.2) is 31.8 Å². The van der Waals surface area contributed by atoms with E-state index in [4.69, 9.17) is 4.74 Å². The number of anilines is 1. The molecule has 0 bridgehead atoms. The van der Waals surface area contributed by atoms with Crippen LogP contribution in [0.5, 0.6) is 0 Å². The summed E-state index contributed by atoms with van der Waals surface area (Å²) in [6.07, 6.45) is 1.79. The van der Waals surface area contributed by atoms with Gasteiger partial charge in [-0.2, -0.15) is 0 Å². The van der Waals surface area contributed by atoms with Gasteiger partial charge in [0.1, 0.15) is 5.82 Å². The van der Waals surface area contributed by atoms with E-state index in [1.165, 1.54) is 0 Å². The third-order valence-electron chi connectivity index (χ3n) is 1.88. The molecule has 0 aliphatic rings. The Kier molecular flexibility index (Phi) is 4.90. The zero-order chi connectivity index (χ0) is 10.4. The van der Waals surface area contributed by atoms with Crippen LogP contribution in [0.4, 0.5) is 5.82 Å². The summed E-state index contributed by atoms with van der Waals surface area (Å²) in [7, 11) is 2.01. The lowest BCUT2D eigenvalue weighted by atomic mass is 10.4. The van der Waals surface area contributed by atoms with Gasteiger partial charge in [0.15, 0.2) is 0 Å². The third-order valence-corrected chi connectivity index (χ3v) is 2.49. The van der Waals surface area contributed by atoms with E-state index in [-0.39, 0.29) is 0 Å². The molecule has 1 heterocycles. The second-order valence-corrected chi connectivity index (χ2v) is 3.78. The van der Waals surface area contributed by atoms with E-state index >= 15 is 0 Å². The summed E-state index contributed by atoms with van der Waals surface area (Å²) in [5, 5.41) is 0. The Bertz CT molecular complexity index is 281. The maximum absolute atomic E-state index is 5.28. The van der Waals surface area contributed by atoms with Crippen LogP contribution < -0.4 is 4.90 Å². The highest BCUT2D eigenvalue weighted by Gasteiger charge is 2.05. The van der Waals surface area contributed by atoms with Gasteiger partial charge < -0.3 is 9.64 Å². The van der Waals surface area contributed by atoms with Crippen molar-refractivity contribution in [1.82, 2.24) is 4.98 Å². The molecule has 0 spiro atoms. The molecule has 0 saturated heterocycles. The van der Waals surface area contributed by atoms with Crippen molar-refractivity contribution in [3.05, 3.63) is 22.8 Å². The normalized spacial score (nSPS) is 10.2. The number of ether oxygens (including phenoxy) is 1. The summed E-state index contributed by atoms with van der Waals surface area (Å²) in [5.74, 6) is 0.951. The zero-order valence-corrected chi connectivity index (χ0v) is 10.1. The van der Waals surface area contributed by atoms with Crippen LogP contribution in [-0.2, 0) is 4.74 Å². The van der Waals surface area contributed by atoms with E-state index in [2.05, 4.69) is 25.8 Å². The molecule has 0 amide bonds. The van der Waals surface area contributed by atoms with Crippen molar-refractivity contribution in [2.24, 2.45) is 0 Å². The van der Waals surface area contributed by atoms with Crippen molar-refractivity contribution in [3.8, 4) is 0 Å². The lowest BCUT2D eigenvalue weighted by Crippen LogP contribution is -2.23. The van der Waals surface area contributed by atoms with E-state index in [0.29, 0.717) is 0 Å². The largest absolute Gasteiger partial charge is 0.380 e. The molecule has 0 saturated carbocycles. The number of aromatic nitrogens is 1. The average Bonchev–Trinajstić information content (AvgIpc) is 2.18. The SMILES string of the molecule is CCOCCN(C)c1ncccc1Br. The Morgan fingerprint density at radius 3 is 3.00 bits per heavy atom. The van der Waals surface area contributed by atoms with E-state index in [1.807, 2.05) is 26.1 Å². The molecule has 0 unspecified atom stereocenters. The molecule has 0 N–H and O–H groups in total. The monoisotopic (exact) mass is 258 g/mol. The molecule has 0 fully saturated rings. The summed E-state index contributed by atoms with van der Waals surface area (Å²) in [6.45, 7) is 4.34. The number of hydrogen-bond acceptors (Lipinski definition) is 3. The van der Waals surface area contributed by atoms with Crippen LogP contribution in [0.2, 0.25) is 0 Å². The third kappa shape index (κ3) is 3.27. The van der Waals surface area contributed by atoms with Crippen molar-refractivity contribution in [2.75, 3.05) is 31.7 Å². The number of rotatable bonds is 5. The second kappa shape index (κ2) is 5.98. The number of likely N-dealkylation sites (N-methyl/N-ethyl adjacent to an activating group) is 1. The number of hydrogen-bond donors (Lipinski definition) is 0. The molecule has 4 heteroatoms. The topological polar surface area (TPSA) is 25.4 Å². The molecule has 78 valence electrons. The van der Waals surface area contributed by atoms with Gasteiger partial charge in [-0.05, 0) is 35.0 Å². The molecule has 0 aliphatic carbocycles. The van der Waals surface area contributed by atoms with Gasteiger partial charge in [-0.1, -0.05) is 0 Å². The van der Waals surface area contributed by atoms with E-state index in [9.17, 15) is 0 Å². The molecular formula is C10H15BrN2O. The molecule has 14 heavy (non-hydrogen) atoms. The average molecular weight is 259 g/mol. The Labute approximate surface area is 93.2 Å². The van der Waals surface area contributed by atoms with Crippen molar-refractivity contribution in [1.29, 1.82) is 0 Å². The summed E-state index contributed by atoms with van der Waals surface area (Å²) in [5.41, 5.74) is 0. The fourth-order valence-corrected chi connectivity index (χ4v) is 1.67. The first-order valence-corrected chi connectivity index (χ1v) is 5.44. The van der Waals surface area contributed by atoms with Crippen LogP contribution >= 0.6 is 15.9 Å². The number of nitrogens with zero attached hydrogens (tertiary/aromatic N) is 2. The lowest BCUT2D eigenvalue weighted by molar-refractivity contribution is 0.154. The van der Waals surface area contributed by atoms with Crippen LogP contribution in [0, 0.1) is 0 Å². The van der Waals surface area contributed by atoms with Crippen LogP contribution in [0.15, 0.2) is 22.8 Å². The van der Waals surface area contributed by atoms with Gasteiger partial charge in [0, 0.05) is 26.4 Å². The smallest absolute Gasteiger partial charge is 0.142 e. The van der Waals surface area contributed by atoms with Crippen molar-refractivity contribution in [3.63, 3.8) is 0 Å². The zero-order valence-electron chi connectivity index (χ0n) is 8.53. The fourth-order valence-electron chi connectivity index (χ4n) is 1.11. The molecule has 0 aliphatic heterocycles. The Morgan fingerprint density at radius 1 is 1.57 bits per heavy atom. The molecule has 1 rings (SSSR count). The highest BCUT2D eigenvalue weighted by Crippen LogP contribution is 2.21. The predicted molar refractivity (Wildman–Crippen MR) is 61.7 cm³/mol. The van der Waals surface area contributed by atoms with E-state index in [0.717, 1.165) is 30.0 Å². The van der Waals surface area contributed by atoms with E-state index in [1.54, 1.807) is 6.20 Å². The Morgan fingerprint density at radius 2 is 2.36 bits per heavy atom. The van der Waals surface area contributed by atoms with Gasteiger partial charge in [0.25, 0.3) is 0 Å². The van der Waals surface area contributed by atoms with Gasteiger partial charge in [0.05, 0.1) is 11.1 Å². The minimum atomic E-state index is 0.732. The van der Waals surface area contributed by atoms with Crippen molar-refractivity contribution >= 4 is 21.7 Å². The lowest BCUT2D eigenvalue weighted by Gasteiger charge is -2.18. The quantitative estimate of drug-likeness (QED) is 0.759. The van der Waals surface area contributed by atoms with Crippen molar-refractivity contribution in [2.45, 2.75) is 6.92 Å². The summed E-state index contributed by atoms with van der Waals surface area (Å²) < 4.78 is 6.29.